The number of nitrogen functional groups attached to an aromatic ring is 1. The van der Waals surface area contributed by atoms with Gasteiger partial charge in [-0.2, -0.15) is 0 Å². The lowest BCUT2D eigenvalue weighted by Crippen LogP contribution is -2.48. The van der Waals surface area contributed by atoms with Gasteiger partial charge in [0, 0.05) is 18.7 Å². The predicted octanol–water partition coefficient (Wildman–Crippen LogP) is 0.258. The molecule has 96 valence electrons. The normalized spacial score (nSPS) is 18.2. The number of nitrogens with two attached hydrogens (primary N) is 2. The highest BCUT2D eigenvalue weighted by Crippen LogP contribution is 2.35. The molecule has 2 rings (SSSR count). The van der Waals surface area contributed by atoms with Crippen LogP contribution in [-0.2, 0) is 9.59 Å². The number of ether oxygens (including phenoxy) is 1. The van der Waals surface area contributed by atoms with Crippen LogP contribution in [0.15, 0.2) is 18.2 Å². The van der Waals surface area contributed by atoms with Gasteiger partial charge in [-0.15, -0.1) is 0 Å². The first-order valence-electron chi connectivity index (χ1n) is 5.67. The molecule has 0 fully saturated rings. The van der Waals surface area contributed by atoms with Crippen molar-refractivity contribution < 1.29 is 14.3 Å². The summed E-state index contributed by atoms with van der Waals surface area (Å²) in [5.74, 6) is -0.266. The Labute approximate surface area is 104 Å². The number of hydrogen-bond donors (Lipinski definition) is 2. The molecule has 1 aliphatic rings. The van der Waals surface area contributed by atoms with Crippen molar-refractivity contribution in [3.63, 3.8) is 0 Å². The van der Waals surface area contributed by atoms with Crippen LogP contribution in [0.25, 0.3) is 0 Å². The number of fused-ring (bicyclic) bond motifs is 1. The van der Waals surface area contributed by atoms with Gasteiger partial charge in [-0.1, -0.05) is 0 Å². The summed E-state index contributed by atoms with van der Waals surface area (Å²) in [5, 5.41) is 0. The molecule has 1 heterocycles. The van der Waals surface area contributed by atoms with Crippen LogP contribution in [0, 0.1) is 0 Å². The number of hydrogen-bond acceptors (Lipinski definition) is 5. The molecule has 0 saturated carbocycles. The van der Waals surface area contributed by atoms with Crippen molar-refractivity contribution in [3.8, 4) is 5.75 Å². The molecular weight excluding hydrogens is 234 g/mol. The standard InChI is InChI=1S/C12H15N3O3/c1-7-12(17)15(11(16)4-5-13)9-6-8(14)2-3-10(9)18-7/h2-3,6-7H,4-5,13-14H2,1H3. The molecule has 0 bridgehead atoms. The van der Waals surface area contributed by atoms with Crippen LogP contribution in [-0.4, -0.2) is 24.5 Å². The van der Waals surface area contributed by atoms with Gasteiger partial charge < -0.3 is 16.2 Å². The zero-order valence-corrected chi connectivity index (χ0v) is 10.1. The number of imide groups is 1. The van der Waals surface area contributed by atoms with Crippen molar-refractivity contribution in [3.05, 3.63) is 18.2 Å². The first kappa shape index (κ1) is 12.4. The number of amides is 2. The van der Waals surface area contributed by atoms with Gasteiger partial charge in [0.1, 0.15) is 5.75 Å². The van der Waals surface area contributed by atoms with Crippen molar-refractivity contribution in [1.29, 1.82) is 0 Å². The average Bonchev–Trinajstić information content (AvgIpc) is 2.31. The van der Waals surface area contributed by atoms with Gasteiger partial charge in [-0.25, -0.2) is 4.90 Å². The Morgan fingerprint density at radius 2 is 2.22 bits per heavy atom. The lowest BCUT2D eigenvalue weighted by molar-refractivity contribution is -0.131. The third-order valence-corrected chi connectivity index (χ3v) is 2.70. The van der Waals surface area contributed by atoms with E-state index in [0.717, 1.165) is 4.90 Å². The van der Waals surface area contributed by atoms with Crippen LogP contribution >= 0.6 is 0 Å². The van der Waals surface area contributed by atoms with Crippen LogP contribution in [0.5, 0.6) is 5.75 Å². The quantitative estimate of drug-likeness (QED) is 0.732. The Kier molecular flexibility index (Phi) is 3.20. The number of nitrogens with zero attached hydrogens (tertiary/aromatic N) is 1. The van der Waals surface area contributed by atoms with Crippen LogP contribution < -0.4 is 21.1 Å². The Balaban J connectivity index is 2.47. The number of rotatable bonds is 2. The van der Waals surface area contributed by atoms with Crippen LogP contribution in [0.1, 0.15) is 13.3 Å². The van der Waals surface area contributed by atoms with Gasteiger partial charge in [0.25, 0.3) is 5.91 Å². The molecule has 0 aromatic heterocycles. The van der Waals surface area contributed by atoms with E-state index in [0.29, 0.717) is 17.1 Å². The molecule has 0 saturated heterocycles. The summed E-state index contributed by atoms with van der Waals surface area (Å²) < 4.78 is 5.43. The maximum absolute atomic E-state index is 12.0. The van der Waals surface area contributed by atoms with E-state index in [1.165, 1.54) is 0 Å². The Morgan fingerprint density at radius 3 is 2.89 bits per heavy atom. The second-order valence-electron chi connectivity index (χ2n) is 4.09. The highest BCUT2D eigenvalue weighted by Gasteiger charge is 2.35. The monoisotopic (exact) mass is 249 g/mol. The largest absolute Gasteiger partial charge is 0.479 e. The zero-order valence-electron chi connectivity index (χ0n) is 10.1. The molecule has 18 heavy (non-hydrogen) atoms. The van der Waals surface area contributed by atoms with Gasteiger partial charge in [0.05, 0.1) is 5.69 Å². The van der Waals surface area contributed by atoms with Crippen molar-refractivity contribution >= 4 is 23.2 Å². The SMILES string of the molecule is CC1Oc2ccc(N)cc2N(C(=O)CCN)C1=O. The van der Waals surface area contributed by atoms with Crippen LogP contribution in [0.3, 0.4) is 0 Å². The van der Waals surface area contributed by atoms with Gasteiger partial charge in [0.15, 0.2) is 6.10 Å². The molecule has 0 radical (unpaired) electrons. The average molecular weight is 249 g/mol. The van der Waals surface area contributed by atoms with Gasteiger partial charge >= 0.3 is 0 Å². The van der Waals surface area contributed by atoms with E-state index in [2.05, 4.69) is 0 Å². The Bertz CT molecular complexity index is 501. The highest BCUT2D eigenvalue weighted by molar-refractivity contribution is 6.18. The summed E-state index contributed by atoms with van der Waals surface area (Å²) in [4.78, 5) is 25.1. The van der Waals surface area contributed by atoms with E-state index >= 15 is 0 Å². The number of benzene rings is 1. The molecule has 0 spiro atoms. The lowest BCUT2D eigenvalue weighted by Gasteiger charge is -2.31. The van der Waals surface area contributed by atoms with E-state index in [1.54, 1.807) is 25.1 Å². The second-order valence-corrected chi connectivity index (χ2v) is 4.09. The van der Waals surface area contributed by atoms with Gasteiger partial charge in [-0.3, -0.25) is 9.59 Å². The lowest BCUT2D eigenvalue weighted by atomic mass is 10.1. The van der Waals surface area contributed by atoms with E-state index in [9.17, 15) is 9.59 Å². The van der Waals surface area contributed by atoms with E-state index < -0.39 is 12.0 Å². The van der Waals surface area contributed by atoms with Crippen molar-refractivity contribution in [2.45, 2.75) is 19.4 Å². The molecular formula is C12H15N3O3. The van der Waals surface area contributed by atoms with Crippen molar-refractivity contribution in [2.24, 2.45) is 5.73 Å². The van der Waals surface area contributed by atoms with Crippen molar-refractivity contribution in [1.82, 2.24) is 0 Å². The molecule has 1 aliphatic heterocycles. The van der Waals surface area contributed by atoms with Crippen LogP contribution in [0.2, 0.25) is 0 Å². The minimum Gasteiger partial charge on any atom is -0.479 e. The summed E-state index contributed by atoms with van der Waals surface area (Å²) in [6.07, 6.45) is -0.588. The first-order valence-corrected chi connectivity index (χ1v) is 5.67. The molecule has 1 atom stereocenters. The highest BCUT2D eigenvalue weighted by atomic mass is 16.5. The molecule has 6 heteroatoms. The molecule has 1 aromatic carbocycles. The smallest absolute Gasteiger partial charge is 0.274 e. The fraction of sp³-hybridized carbons (Fsp3) is 0.333. The Morgan fingerprint density at radius 1 is 1.50 bits per heavy atom. The third-order valence-electron chi connectivity index (χ3n) is 2.70. The van der Waals surface area contributed by atoms with Gasteiger partial charge in [-0.05, 0) is 25.1 Å². The molecule has 2 amide bonds. The molecule has 6 nitrogen and oxygen atoms in total. The summed E-state index contributed by atoms with van der Waals surface area (Å²) in [6, 6.07) is 4.86. The number of carbonyl (C=O) groups is 2. The van der Waals surface area contributed by atoms with Crippen molar-refractivity contribution in [2.75, 3.05) is 17.2 Å². The molecule has 0 aliphatic carbocycles. The number of anilines is 2. The molecule has 1 aromatic rings. The third kappa shape index (κ3) is 2.02. The first-order chi connectivity index (χ1) is 8.54. The second kappa shape index (κ2) is 4.66. The molecule has 4 N–H and O–H groups in total. The van der Waals surface area contributed by atoms with E-state index in [1.807, 2.05) is 0 Å². The summed E-state index contributed by atoms with van der Waals surface area (Å²) in [7, 11) is 0. The fourth-order valence-electron chi connectivity index (χ4n) is 1.84. The minimum atomic E-state index is -0.692. The fourth-order valence-corrected chi connectivity index (χ4v) is 1.84. The maximum Gasteiger partial charge on any atom is 0.274 e. The van der Waals surface area contributed by atoms with Crippen LogP contribution in [0.4, 0.5) is 11.4 Å². The predicted molar refractivity (Wildman–Crippen MR) is 67.1 cm³/mol. The van der Waals surface area contributed by atoms with E-state index in [-0.39, 0.29) is 18.9 Å². The summed E-state index contributed by atoms with van der Waals surface area (Å²) >= 11 is 0. The van der Waals surface area contributed by atoms with Gasteiger partial charge in [0.2, 0.25) is 5.91 Å². The minimum absolute atomic E-state index is 0.104. The maximum atomic E-state index is 12.0. The molecule has 1 unspecified atom stereocenters. The summed E-state index contributed by atoms with van der Waals surface area (Å²) in [5.41, 5.74) is 11.9. The topological polar surface area (TPSA) is 98.7 Å². The number of carbonyl (C=O) groups excluding carboxylic acids is 2. The zero-order chi connectivity index (χ0) is 13.3. The van der Waals surface area contributed by atoms with E-state index in [4.69, 9.17) is 16.2 Å². The summed E-state index contributed by atoms with van der Waals surface area (Å²) in [6.45, 7) is 1.79. The Hall–Kier alpha value is -2.08.